The highest BCUT2D eigenvalue weighted by atomic mass is 35.5. The number of amides is 1. The lowest BCUT2D eigenvalue weighted by molar-refractivity contribution is 0.102. The predicted molar refractivity (Wildman–Crippen MR) is 94.2 cm³/mol. The van der Waals surface area contributed by atoms with Gasteiger partial charge in [0.2, 0.25) is 10.0 Å². The third kappa shape index (κ3) is 3.89. The van der Waals surface area contributed by atoms with E-state index < -0.39 is 15.9 Å². The molecule has 0 unspecified atom stereocenters. The van der Waals surface area contributed by atoms with Gasteiger partial charge in [-0.05, 0) is 43.2 Å². The van der Waals surface area contributed by atoms with Crippen LogP contribution in [-0.2, 0) is 10.0 Å². The van der Waals surface area contributed by atoms with Crippen molar-refractivity contribution in [1.82, 2.24) is 4.72 Å². The minimum Gasteiger partial charge on any atom is -0.319 e. The molecule has 1 aliphatic rings. The molecule has 1 aliphatic carbocycles. The fraction of sp³-hybridized carbons (Fsp3) is 0.188. The third-order valence-corrected chi connectivity index (χ3v) is 5.66. The van der Waals surface area contributed by atoms with Crippen LogP contribution in [-0.4, -0.2) is 20.4 Å². The fourth-order valence-corrected chi connectivity index (χ4v) is 3.94. The van der Waals surface area contributed by atoms with Crippen molar-refractivity contribution in [2.45, 2.75) is 23.8 Å². The normalized spacial score (nSPS) is 14.4. The summed E-state index contributed by atoms with van der Waals surface area (Å²) in [6, 6.07) is 10.7. The Hall–Kier alpha value is -1.60. The van der Waals surface area contributed by atoms with E-state index in [0.29, 0.717) is 10.0 Å². The molecule has 3 rings (SSSR count). The maximum absolute atomic E-state index is 12.4. The molecule has 0 radical (unpaired) electrons. The second-order valence-corrected chi connectivity index (χ2v) is 8.00. The van der Waals surface area contributed by atoms with Gasteiger partial charge in [-0.3, -0.25) is 4.79 Å². The minimum atomic E-state index is -3.62. The molecule has 0 aromatic heterocycles. The second kappa shape index (κ2) is 6.72. The van der Waals surface area contributed by atoms with E-state index in [1.807, 2.05) is 0 Å². The number of benzene rings is 2. The van der Waals surface area contributed by atoms with Crippen LogP contribution in [0.25, 0.3) is 0 Å². The first-order valence-corrected chi connectivity index (χ1v) is 9.48. The highest BCUT2D eigenvalue weighted by Crippen LogP contribution is 2.30. The molecular formula is C16H14Cl2N2O3S. The predicted octanol–water partition coefficient (Wildman–Crippen LogP) is 3.69. The summed E-state index contributed by atoms with van der Waals surface area (Å²) in [7, 11) is -3.62. The van der Waals surface area contributed by atoms with Crippen LogP contribution in [0.5, 0.6) is 0 Å². The van der Waals surface area contributed by atoms with Crippen molar-refractivity contribution in [3.05, 3.63) is 58.1 Å². The van der Waals surface area contributed by atoms with Crippen molar-refractivity contribution < 1.29 is 13.2 Å². The first-order valence-electron chi connectivity index (χ1n) is 7.24. The Labute approximate surface area is 150 Å². The summed E-state index contributed by atoms with van der Waals surface area (Å²) >= 11 is 12.0. The zero-order valence-corrected chi connectivity index (χ0v) is 14.8. The molecule has 0 saturated heterocycles. The molecule has 0 heterocycles. The van der Waals surface area contributed by atoms with Crippen LogP contribution in [0.4, 0.5) is 5.69 Å². The zero-order valence-electron chi connectivity index (χ0n) is 12.4. The molecule has 5 nitrogen and oxygen atoms in total. The number of halogens is 2. The maximum Gasteiger partial charge on any atom is 0.255 e. The number of nitrogens with one attached hydrogen (secondary N) is 2. The molecular weight excluding hydrogens is 371 g/mol. The van der Waals surface area contributed by atoms with Crippen molar-refractivity contribution in [2.24, 2.45) is 0 Å². The highest BCUT2D eigenvalue weighted by Gasteiger charge is 2.28. The maximum atomic E-state index is 12.4. The molecule has 0 aliphatic heterocycles. The van der Waals surface area contributed by atoms with E-state index in [4.69, 9.17) is 23.2 Å². The molecule has 126 valence electrons. The van der Waals surface area contributed by atoms with Gasteiger partial charge in [-0.1, -0.05) is 35.3 Å². The summed E-state index contributed by atoms with van der Waals surface area (Å²) in [5, 5.41) is 3.21. The summed E-state index contributed by atoms with van der Waals surface area (Å²) in [5.74, 6) is -0.492. The standard InChI is InChI=1S/C16H14Cl2N2O3S/c17-13-5-2-6-14(18)15(13)19-16(21)10-3-1-4-12(9-10)24(22,23)20-11-7-8-11/h1-6,9,11,20H,7-8H2,(H,19,21). The van der Waals surface area contributed by atoms with Crippen LogP contribution in [0.3, 0.4) is 0 Å². The van der Waals surface area contributed by atoms with Crippen molar-refractivity contribution in [2.75, 3.05) is 5.32 Å². The summed E-state index contributed by atoms with van der Waals surface area (Å²) < 4.78 is 27.1. The molecule has 0 bridgehead atoms. The van der Waals surface area contributed by atoms with Crippen molar-refractivity contribution >= 4 is 44.8 Å². The molecule has 1 fully saturated rings. The van der Waals surface area contributed by atoms with E-state index in [0.717, 1.165) is 12.8 Å². The van der Waals surface area contributed by atoms with Crippen LogP contribution >= 0.6 is 23.2 Å². The van der Waals surface area contributed by atoms with E-state index in [1.165, 1.54) is 24.3 Å². The van der Waals surface area contributed by atoms with Gasteiger partial charge in [0.25, 0.3) is 5.91 Å². The monoisotopic (exact) mass is 384 g/mol. The van der Waals surface area contributed by atoms with Gasteiger partial charge in [0, 0.05) is 11.6 Å². The minimum absolute atomic E-state index is 0.00517. The van der Waals surface area contributed by atoms with Crippen molar-refractivity contribution in [3.8, 4) is 0 Å². The van der Waals surface area contributed by atoms with Gasteiger partial charge in [0.05, 0.1) is 20.6 Å². The van der Waals surface area contributed by atoms with Crippen LogP contribution in [0.1, 0.15) is 23.2 Å². The molecule has 2 N–H and O–H groups in total. The Morgan fingerprint density at radius 2 is 1.67 bits per heavy atom. The zero-order chi connectivity index (χ0) is 17.3. The number of para-hydroxylation sites is 1. The number of hydrogen-bond acceptors (Lipinski definition) is 3. The van der Waals surface area contributed by atoms with E-state index in [9.17, 15) is 13.2 Å². The first-order chi connectivity index (χ1) is 11.4. The smallest absolute Gasteiger partial charge is 0.255 e. The third-order valence-electron chi connectivity index (χ3n) is 3.51. The van der Waals surface area contributed by atoms with Crippen molar-refractivity contribution in [3.63, 3.8) is 0 Å². The van der Waals surface area contributed by atoms with Gasteiger partial charge in [-0.2, -0.15) is 0 Å². The number of sulfonamides is 1. The molecule has 24 heavy (non-hydrogen) atoms. The number of carbonyl (C=O) groups excluding carboxylic acids is 1. The molecule has 0 spiro atoms. The molecule has 2 aromatic rings. The second-order valence-electron chi connectivity index (χ2n) is 5.47. The number of rotatable bonds is 5. The Morgan fingerprint density at radius 1 is 1.04 bits per heavy atom. The number of carbonyl (C=O) groups is 1. The van der Waals surface area contributed by atoms with Gasteiger partial charge < -0.3 is 5.32 Å². The largest absolute Gasteiger partial charge is 0.319 e. The topological polar surface area (TPSA) is 75.3 Å². The molecule has 2 aromatic carbocycles. The summed E-state index contributed by atoms with van der Waals surface area (Å²) in [6.07, 6.45) is 1.68. The first kappa shape index (κ1) is 17.2. The van der Waals surface area contributed by atoms with Gasteiger partial charge in [0.1, 0.15) is 0 Å². The lowest BCUT2D eigenvalue weighted by atomic mass is 10.2. The van der Waals surface area contributed by atoms with Gasteiger partial charge in [-0.15, -0.1) is 0 Å². The molecule has 0 atom stereocenters. The van der Waals surface area contributed by atoms with E-state index in [2.05, 4.69) is 10.0 Å². The Morgan fingerprint density at radius 3 is 2.29 bits per heavy atom. The Balaban J connectivity index is 1.84. The lowest BCUT2D eigenvalue weighted by Gasteiger charge is -2.10. The average molecular weight is 385 g/mol. The van der Waals surface area contributed by atoms with E-state index in [-0.39, 0.29) is 22.2 Å². The molecule has 1 saturated carbocycles. The number of hydrogen-bond donors (Lipinski definition) is 2. The quantitative estimate of drug-likeness (QED) is 0.825. The van der Waals surface area contributed by atoms with Crippen LogP contribution < -0.4 is 10.0 Å². The average Bonchev–Trinajstić information content (AvgIpc) is 3.34. The fourth-order valence-electron chi connectivity index (χ4n) is 2.10. The Bertz CT molecular complexity index is 876. The lowest BCUT2D eigenvalue weighted by Crippen LogP contribution is -2.26. The van der Waals surface area contributed by atoms with Crippen LogP contribution in [0.2, 0.25) is 10.0 Å². The molecule has 1 amide bonds. The van der Waals surface area contributed by atoms with Crippen molar-refractivity contribution in [1.29, 1.82) is 0 Å². The summed E-state index contributed by atoms with van der Waals surface area (Å²) in [4.78, 5) is 12.4. The number of anilines is 1. The van der Waals surface area contributed by atoms with E-state index >= 15 is 0 Å². The van der Waals surface area contributed by atoms with Gasteiger partial charge in [0.15, 0.2) is 0 Å². The summed E-state index contributed by atoms with van der Waals surface area (Å²) in [6.45, 7) is 0. The van der Waals surface area contributed by atoms with Crippen LogP contribution in [0, 0.1) is 0 Å². The molecule has 8 heteroatoms. The highest BCUT2D eigenvalue weighted by molar-refractivity contribution is 7.89. The van der Waals surface area contributed by atoms with Crippen LogP contribution in [0.15, 0.2) is 47.4 Å². The van der Waals surface area contributed by atoms with Gasteiger partial charge in [-0.25, -0.2) is 13.1 Å². The van der Waals surface area contributed by atoms with E-state index in [1.54, 1.807) is 18.2 Å². The summed E-state index contributed by atoms with van der Waals surface area (Å²) in [5.41, 5.74) is 0.486. The van der Waals surface area contributed by atoms with Gasteiger partial charge >= 0.3 is 0 Å². The Kier molecular flexibility index (Phi) is 4.83. The SMILES string of the molecule is O=C(Nc1c(Cl)cccc1Cl)c1cccc(S(=O)(=O)NC2CC2)c1.